The van der Waals surface area contributed by atoms with E-state index in [2.05, 4.69) is 15.3 Å². The lowest BCUT2D eigenvalue weighted by Crippen LogP contribution is -2.42. The van der Waals surface area contributed by atoms with E-state index in [1.54, 1.807) is 30.4 Å². The van der Waals surface area contributed by atoms with Crippen molar-refractivity contribution in [3.63, 3.8) is 0 Å². The maximum Gasteiger partial charge on any atom is 0.410 e. The SMILES string of the molecule is CN(C(=O)OCc1ccc(Nc2ncc(SC#N)s2)nc1)C(C)(C)C. The Morgan fingerprint density at radius 1 is 1.40 bits per heavy atom. The Bertz CT molecular complexity index is 762. The zero-order valence-electron chi connectivity index (χ0n) is 14.4. The summed E-state index contributed by atoms with van der Waals surface area (Å²) in [5.41, 5.74) is 0.501. The number of carbonyl (C=O) groups excluding carboxylic acids is 1. The van der Waals surface area contributed by atoms with Gasteiger partial charge in [0.2, 0.25) is 0 Å². The molecule has 9 heteroatoms. The smallest absolute Gasteiger partial charge is 0.410 e. The molecule has 0 saturated carbocycles. The van der Waals surface area contributed by atoms with Crippen molar-refractivity contribution in [1.82, 2.24) is 14.9 Å². The van der Waals surface area contributed by atoms with Crippen molar-refractivity contribution in [2.75, 3.05) is 12.4 Å². The van der Waals surface area contributed by atoms with Gasteiger partial charge in [0.1, 0.15) is 17.8 Å². The molecule has 0 aliphatic heterocycles. The van der Waals surface area contributed by atoms with Crippen LogP contribution in [0.4, 0.5) is 15.7 Å². The van der Waals surface area contributed by atoms with Crippen molar-refractivity contribution < 1.29 is 9.53 Å². The number of nitriles is 1. The maximum atomic E-state index is 12.0. The summed E-state index contributed by atoms with van der Waals surface area (Å²) in [7, 11) is 1.71. The van der Waals surface area contributed by atoms with Gasteiger partial charge in [-0.15, -0.1) is 0 Å². The molecule has 25 heavy (non-hydrogen) atoms. The van der Waals surface area contributed by atoms with Gasteiger partial charge in [-0.1, -0.05) is 17.4 Å². The summed E-state index contributed by atoms with van der Waals surface area (Å²) in [6, 6.07) is 3.62. The van der Waals surface area contributed by atoms with E-state index in [4.69, 9.17) is 10.00 Å². The molecular formula is C16H19N5O2S2. The van der Waals surface area contributed by atoms with Crippen LogP contribution in [0.1, 0.15) is 26.3 Å². The van der Waals surface area contributed by atoms with Crippen LogP contribution < -0.4 is 5.32 Å². The van der Waals surface area contributed by atoms with Gasteiger partial charge in [0, 0.05) is 36.1 Å². The van der Waals surface area contributed by atoms with Gasteiger partial charge in [0.05, 0.1) is 10.4 Å². The van der Waals surface area contributed by atoms with Gasteiger partial charge >= 0.3 is 6.09 Å². The number of anilines is 2. The van der Waals surface area contributed by atoms with Crippen LogP contribution in [0.25, 0.3) is 0 Å². The van der Waals surface area contributed by atoms with E-state index < -0.39 is 0 Å². The number of ether oxygens (including phenoxy) is 1. The molecule has 0 spiro atoms. The molecule has 0 unspecified atom stereocenters. The Morgan fingerprint density at radius 2 is 2.16 bits per heavy atom. The summed E-state index contributed by atoms with van der Waals surface area (Å²) in [5.74, 6) is 0.629. The first-order valence-electron chi connectivity index (χ1n) is 7.44. The second-order valence-corrected chi connectivity index (χ2v) is 8.25. The fraction of sp³-hybridized carbons (Fsp3) is 0.375. The van der Waals surface area contributed by atoms with Gasteiger partial charge in [-0.3, -0.25) is 0 Å². The van der Waals surface area contributed by atoms with Crippen molar-refractivity contribution >= 4 is 40.1 Å². The minimum atomic E-state index is -0.375. The van der Waals surface area contributed by atoms with Crippen LogP contribution in [0.5, 0.6) is 0 Å². The van der Waals surface area contributed by atoms with Gasteiger partial charge in [0.15, 0.2) is 5.13 Å². The molecule has 2 aromatic heterocycles. The number of thiazole rings is 1. The Kier molecular flexibility index (Phi) is 6.22. The minimum absolute atomic E-state index is 0.159. The lowest BCUT2D eigenvalue weighted by atomic mass is 10.1. The standard InChI is InChI=1S/C16H19N5O2S2/c1-16(2,3)21(4)15(22)23-9-11-5-6-12(18-7-11)20-14-19-8-13(25-14)24-10-17/h5-8H,9H2,1-4H3,(H,18,19,20). The summed E-state index contributed by atoms with van der Waals surface area (Å²) in [6.45, 7) is 5.98. The fourth-order valence-electron chi connectivity index (χ4n) is 1.62. The molecule has 132 valence electrons. The molecule has 0 saturated heterocycles. The summed E-state index contributed by atoms with van der Waals surface area (Å²) in [4.78, 5) is 22.0. The van der Waals surface area contributed by atoms with Crippen molar-refractivity contribution in [1.29, 1.82) is 5.26 Å². The van der Waals surface area contributed by atoms with E-state index in [9.17, 15) is 4.79 Å². The highest BCUT2D eigenvalue weighted by Crippen LogP contribution is 2.28. The number of carbonyl (C=O) groups is 1. The van der Waals surface area contributed by atoms with Crippen LogP contribution in [0.3, 0.4) is 0 Å². The Labute approximate surface area is 155 Å². The number of hydrogen-bond donors (Lipinski definition) is 1. The van der Waals surface area contributed by atoms with Gasteiger partial charge in [-0.25, -0.2) is 14.8 Å². The average molecular weight is 377 g/mol. The molecule has 0 radical (unpaired) electrons. The summed E-state index contributed by atoms with van der Waals surface area (Å²) >= 11 is 2.45. The first-order chi connectivity index (χ1) is 11.8. The maximum absolute atomic E-state index is 12.0. The molecule has 0 bridgehead atoms. The molecule has 7 nitrogen and oxygen atoms in total. The summed E-state index contributed by atoms with van der Waals surface area (Å²) < 4.78 is 6.10. The number of aromatic nitrogens is 2. The topological polar surface area (TPSA) is 91.1 Å². The van der Waals surface area contributed by atoms with Gasteiger partial charge < -0.3 is 15.0 Å². The first-order valence-corrected chi connectivity index (χ1v) is 9.07. The zero-order chi connectivity index (χ0) is 18.4. The van der Waals surface area contributed by atoms with E-state index in [1.165, 1.54) is 11.3 Å². The molecule has 2 aromatic rings. The Balaban J connectivity index is 1.89. The number of amides is 1. The van der Waals surface area contributed by atoms with Gasteiger partial charge in [0.25, 0.3) is 0 Å². The largest absolute Gasteiger partial charge is 0.444 e. The monoisotopic (exact) mass is 377 g/mol. The number of thiocyanates is 1. The number of thioether (sulfide) groups is 1. The third-order valence-corrected chi connectivity index (χ3v) is 4.94. The molecule has 2 rings (SSSR count). The van der Waals surface area contributed by atoms with Crippen molar-refractivity contribution in [3.05, 3.63) is 30.1 Å². The Morgan fingerprint density at radius 3 is 2.76 bits per heavy atom. The van der Waals surface area contributed by atoms with Crippen LogP contribution in [0, 0.1) is 10.7 Å². The molecule has 0 fully saturated rings. The van der Waals surface area contributed by atoms with E-state index in [1.807, 2.05) is 32.2 Å². The predicted octanol–water partition coefficient (Wildman–Crippen LogP) is 4.22. The molecule has 0 aromatic carbocycles. The number of nitrogens with one attached hydrogen (secondary N) is 1. The molecule has 1 amide bonds. The van der Waals surface area contributed by atoms with Crippen molar-refractivity contribution in [3.8, 4) is 5.40 Å². The van der Waals surface area contributed by atoms with E-state index in [-0.39, 0.29) is 18.2 Å². The number of pyridine rings is 1. The van der Waals surface area contributed by atoms with Crippen molar-refractivity contribution in [2.24, 2.45) is 0 Å². The number of hydrogen-bond acceptors (Lipinski definition) is 8. The summed E-state index contributed by atoms with van der Waals surface area (Å²) in [6.07, 6.45) is 2.91. The van der Waals surface area contributed by atoms with Crippen LogP contribution in [0.15, 0.2) is 28.7 Å². The van der Waals surface area contributed by atoms with Crippen LogP contribution in [0.2, 0.25) is 0 Å². The Hall–Kier alpha value is -2.31. The fourth-order valence-corrected chi connectivity index (χ4v) is 2.89. The van der Waals surface area contributed by atoms with Crippen LogP contribution in [-0.2, 0) is 11.3 Å². The molecule has 0 atom stereocenters. The van der Waals surface area contributed by atoms with Gasteiger partial charge in [-0.05, 0) is 26.8 Å². The second kappa shape index (κ2) is 8.18. The molecule has 2 heterocycles. The number of rotatable bonds is 5. The van der Waals surface area contributed by atoms with Crippen molar-refractivity contribution in [2.45, 2.75) is 37.1 Å². The lowest BCUT2D eigenvalue weighted by Gasteiger charge is -2.30. The zero-order valence-corrected chi connectivity index (χ0v) is 16.1. The highest BCUT2D eigenvalue weighted by molar-refractivity contribution is 8.05. The average Bonchev–Trinajstić information content (AvgIpc) is 3.00. The third kappa shape index (κ3) is 5.62. The molecule has 0 aliphatic carbocycles. The number of nitrogens with zero attached hydrogens (tertiary/aromatic N) is 4. The van der Waals surface area contributed by atoms with Gasteiger partial charge in [-0.2, -0.15) is 5.26 Å². The minimum Gasteiger partial charge on any atom is -0.444 e. The molecule has 0 aliphatic rings. The van der Waals surface area contributed by atoms with Crippen LogP contribution >= 0.6 is 23.1 Å². The highest BCUT2D eigenvalue weighted by atomic mass is 32.2. The summed E-state index contributed by atoms with van der Waals surface area (Å²) in [5, 5.41) is 14.4. The second-order valence-electron chi connectivity index (χ2n) is 6.14. The van der Waals surface area contributed by atoms with E-state index >= 15 is 0 Å². The lowest BCUT2D eigenvalue weighted by molar-refractivity contribution is 0.0759. The molecule has 1 N–H and O–H groups in total. The van der Waals surface area contributed by atoms with E-state index in [0.29, 0.717) is 10.9 Å². The first kappa shape index (κ1) is 19.0. The third-order valence-electron chi connectivity index (χ3n) is 3.33. The van der Waals surface area contributed by atoms with E-state index in [0.717, 1.165) is 21.5 Å². The van der Waals surface area contributed by atoms with Crippen LogP contribution in [-0.4, -0.2) is 33.5 Å². The quantitative estimate of drug-likeness (QED) is 0.616. The highest BCUT2D eigenvalue weighted by Gasteiger charge is 2.23. The predicted molar refractivity (Wildman–Crippen MR) is 98.8 cm³/mol. The molecular weight excluding hydrogens is 358 g/mol. The normalized spacial score (nSPS) is 10.8.